The van der Waals surface area contributed by atoms with E-state index in [-0.39, 0.29) is 23.7 Å². The number of carbonyl (C=O) groups is 1. The van der Waals surface area contributed by atoms with E-state index in [4.69, 9.17) is 4.74 Å². The third-order valence-electron chi connectivity index (χ3n) is 7.44. The third kappa shape index (κ3) is 6.69. The first-order valence-corrected chi connectivity index (χ1v) is 13.2. The molecule has 1 aromatic heterocycles. The van der Waals surface area contributed by atoms with E-state index in [1.807, 2.05) is 0 Å². The Kier molecular flexibility index (Phi) is 8.59. The molecule has 1 aliphatic rings. The maximum atomic E-state index is 13.9. The fraction of sp³-hybridized carbons (Fsp3) is 0.400. The van der Waals surface area contributed by atoms with Crippen molar-refractivity contribution in [1.29, 1.82) is 0 Å². The summed E-state index contributed by atoms with van der Waals surface area (Å²) in [6.07, 6.45) is -6.85. The Morgan fingerprint density at radius 1 is 0.976 bits per heavy atom. The van der Waals surface area contributed by atoms with Crippen molar-refractivity contribution in [2.75, 3.05) is 25.1 Å². The Morgan fingerprint density at radius 3 is 2.14 bits per heavy atom. The van der Waals surface area contributed by atoms with Gasteiger partial charge in [0, 0.05) is 24.7 Å². The van der Waals surface area contributed by atoms with Gasteiger partial charge in [0.15, 0.2) is 0 Å². The minimum absolute atomic E-state index is 0.0208. The number of hydrogen-bond acceptors (Lipinski definition) is 4. The maximum absolute atomic E-state index is 13.9. The van der Waals surface area contributed by atoms with Crippen LogP contribution in [0.4, 0.5) is 36.4 Å². The fourth-order valence-corrected chi connectivity index (χ4v) is 4.97. The van der Waals surface area contributed by atoms with E-state index >= 15 is 0 Å². The molecule has 3 aromatic rings. The second-order valence-corrected chi connectivity index (χ2v) is 10.9. The standard InChI is InChI=1S/C30H30F7N3O2/c1-17-10-21(31)7-8-23(17)24-14-26(42-16-22-6-5-9-38-22)39-15-25(24)40(4)27(41)28(2,3)18-11-19(29(32,33)34)13-20(12-18)30(35,36)37/h7-8,10-15,22,38H,5-6,9,16H2,1-4H3/t22-/m0/s1. The normalized spacial score (nSPS) is 16.0. The SMILES string of the molecule is Cc1cc(F)ccc1-c1cc(OC[C@@H]2CCCN2)ncc1N(C)C(=O)C(C)(C)c1cc(C(F)(F)F)cc(C(F)(F)F)c1. The molecule has 0 unspecified atom stereocenters. The summed E-state index contributed by atoms with van der Waals surface area (Å²) in [5, 5.41) is 3.30. The number of pyridine rings is 1. The Balaban J connectivity index is 1.76. The van der Waals surface area contributed by atoms with Gasteiger partial charge >= 0.3 is 12.4 Å². The number of alkyl halides is 6. The van der Waals surface area contributed by atoms with Crippen LogP contribution in [0.5, 0.6) is 5.88 Å². The molecule has 2 heterocycles. The third-order valence-corrected chi connectivity index (χ3v) is 7.44. The fourth-order valence-electron chi connectivity index (χ4n) is 4.97. The first-order valence-electron chi connectivity index (χ1n) is 13.2. The molecule has 1 saturated heterocycles. The summed E-state index contributed by atoms with van der Waals surface area (Å²) >= 11 is 0. The van der Waals surface area contributed by atoms with Crippen molar-refractivity contribution in [3.05, 3.63) is 76.7 Å². The van der Waals surface area contributed by atoms with Crippen molar-refractivity contribution in [1.82, 2.24) is 10.3 Å². The molecule has 1 N–H and O–H groups in total. The van der Waals surface area contributed by atoms with Gasteiger partial charge in [0.2, 0.25) is 11.8 Å². The molecule has 42 heavy (non-hydrogen) atoms. The largest absolute Gasteiger partial charge is 0.476 e. The average Bonchev–Trinajstić information content (AvgIpc) is 3.43. The lowest BCUT2D eigenvalue weighted by molar-refractivity contribution is -0.143. The van der Waals surface area contributed by atoms with Crippen molar-refractivity contribution >= 4 is 11.6 Å². The smallest absolute Gasteiger partial charge is 0.416 e. The highest BCUT2D eigenvalue weighted by molar-refractivity contribution is 6.03. The van der Waals surface area contributed by atoms with Gasteiger partial charge in [0.1, 0.15) is 12.4 Å². The number of nitrogens with one attached hydrogen (secondary N) is 1. The molecule has 226 valence electrons. The molecule has 12 heteroatoms. The van der Waals surface area contributed by atoms with Crippen molar-refractivity contribution in [3.8, 4) is 17.0 Å². The van der Waals surface area contributed by atoms with Gasteiger partial charge in [0.25, 0.3) is 0 Å². The van der Waals surface area contributed by atoms with Crippen molar-refractivity contribution < 1.29 is 40.3 Å². The number of benzene rings is 2. The van der Waals surface area contributed by atoms with Crippen LogP contribution in [-0.2, 0) is 22.6 Å². The van der Waals surface area contributed by atoms with Crippen LogP contribution in [0.2, 0.25) is 0 Å². The Hall–Kier alpha value is -3.67. The number of ether oxygens (including phenoxy) is 1. The summed E-state index contributed by atoms with van der Waals surface area (Å²) in [5.41, 5.74) is -3.63. The van der Waals surface area contributed by atoms with Gasteiger partial charge in [-0.1, -0.05) is 6.07 Å². The molecule has 1 aliphatic heterocycles. The van der Waals surface area contributed by atoms with Gasteiger partial charge < -0.3 is 15.0 Å². The summed E-state index contributed by atoms with van der Waals surface area (Å²) in [6.45, 7) is 5.39. The Labute approximate surface area is 238 Å². The molecular weight excluding hydrogens is 567 g/mol. The average molecular weight is 598 g/mol. The first kappa shape index (κ1) is 31.3. The summed E-state index contributed by atoms with van der Waals surface area (Å²) in [4.78, 5) is 19.3. The summed E-state index contributed by atoms with van der Waals surface area (Å²) in [5.74, 6) is -1.04. The van der Waals surface area contributed by atoms with Gasteiger partial charge in [0.05, 0.1) is 28.4 Å². The minimum Gasteiger partial charge on any atom is -0.476 e. The first-order chi connectivity index (χ1) is 19.5. The number of amides is 1. The van der Waals surface area contributed by atoms with E-state index in [1.165, 1.54) is 45.3 Å². The topological polar surface area (TPSA) is 54.5 Å². The lowest BCUT2D eigenvalue weighted by Gasteiger charge is -2.32. The molecule has 1 atom stereocenters. The van der Waals surface area contributed by atoms with Crippen molar-refractivity contribution in [2.24, 2.45) is 0 Å². The summed E-state index contributed by atoms with van der Waals surface area (Å²) in [6, 6.07) is 6.90. The van der Waals surface area contributed by atoms with E-state index in [2.05, 4.69) is 10.3 Å². The monoisotopic (exact) mass is 597 g/mol. The van der Waals surface area contributed by atoms with Crippen LogP contribution in [0.1, 0.15) is 48.9 Å². The second kappa shape index (κ2) is 11.5. The van der Waals surface area contributed by atoms with Crippen molar-refractivity contribution in [3.63, 3.8) is 0 Å². The van der Waals surface area contributed by atoms with Crippen LogP contribution in [0.15, 0.2) is 48.7 Å². The van der Waals surface area contributed by atoms with Crippen LogP contribution < -0.4 is 15.0 Å². The minimum atomic E-state index is -5.07. The van der Waals surface area contributed by atoms with Gasteiger partial charge in [-0.15, -0.1) is 0 Å². The summed E-state index contributed by atoms with van der Waals surface area (Å²) in [7, 11) is 1.35. The van der Waals surface area contributed by atoms with Crippen LogP contribution in [0.3, 0.4) is 0 Å². The lowest BCUT2D eigenvalue weighted by atomic mass is 9.81. The quantitative estimate of drug-likeness (QED) is 0.291. The highest BCUT2D eigenvalue weighted by Gasteiger charge is 2.41. The predicted octanol–water partition coefficient (Wildman–Crippen LogP) is 7.31. The highest BCUT2D eigenvalue weighted by Crippen LogP contribution is 2.41. The zero-order valence-corrected chi connectivity index (χ0v) is 23.4. The van der Waals surface area contributed by atoms with E-state index in [0.29, 0.717) is 35.4 Å². The van der Waals surface area contributed by atoms with Gasteiger partial charge in [-0.25, -0.2) is 9.37 Å². The van der Waals surface area contributed by atoms with Gasteiger partial charge in [-0.3, -0.25) is 4.79 Å². The molecule has 1 amide bonds. The number of hydrogen-bond donors (Lipinski definition) is 1. The highest BCUT2D eigenvalue weighted by atomic mass is 19.4. The number of carbonyl (C=O) groups excluding carboxylic acids is 1. The maximum Gasteiger partial charge on any atom is 0.416 e. The second-order valence-electron chi connectivity index (χ2n) is 10.9. The van der Waals surface area contributed by atoms with Crippen LogP contribution in [-0.4, -0.2) is 37.1 Å². The van der Waals surface area contributed by atoms with Crippen LogP contribution in [0.25, 0.3) is 11.1 Å². The van der Waals surface area contributed by atoms with E-state index in [1.54, 1.807) is 13.0 Å². The van der Waals surface area contributed by atoms with Crippen LogP contribution in [0, 0.1) is 12.7 Å². The molecular formula is C30H30F7N3O2. The molecule has 0 bridgehead atoms. The van der Waals surface area contributed by atoms with Gasteiger partial charge in [-0.05, 0) is 87.2 Å². The van der Waals surface area contributed by atoms with E-state index in [9.17, 15) is 35.5 Å². The van der Waals surface area contributed by atoms with E-state index in [0.717, 1.165) is 24.3 Å². The molecule has 1 fully saturated rings. The zero-order valence-electron chi connectivity index (χ0n) is 23.4. The number of anilines is 1. The van der Waals surface area contributed by atoms with E-state index < -0.39 is 46.2 Å². The number of halogens is 7. The predicted molar refractivity (Wildman–Crippen MR) is 144 cm³/mol. The lowest BCUT2D eigenvalue weighted by Crippen LogP contribution is -2.42. The molecule has 0 aliphatic carbocycles. The summed E-state index contributed by atoms with van der Waals surface area (Å²) < 4.78 is 101. The number of aromatic nitrogens is 1. The Morgan fingerprint density at radius 2 is 1.60 bits per heavy atom. The molecule has 0 saturated carbocycles. The molecule has 5 nitrogen and oxygen atoms in total. The number of rotatable bonds is 7. The number of nitrogens with zero attached hydrogens (tertiary/aromatic N) is 2. The molecule has 0 radical (unpaired) electrons. The molecule has 4 rings (SSSR count). The van der Waals surface area contributed by atoms with Gasteiger partial charge in [-0.2, -0.15) is 26.3 Å². The number of aryl methyl sites for hydroxylation is 1. The number of likely N-dealkylation sites (N-methyl/N-ethyl adjacent to an activating group) is 1. The Bertz CT molecular complexity index is 1430. The molecule has 2 aromatic carbocycles. The van der Waals surface area contributed by atoms with Crippen LogP contribution >= 0.6 is 0 Å². The van der Waals surface area contributed by atoms with Crippen molar-refractivity contribution in [2.45, 2.75) is 57.4 Å². The molecule has 0 spiro atoms. The zero-order chi connectivity index (χ0) is 31.0.